The zero-order chi connectivity index (χ0) is 25.5. The number of hydrogen-bond acceptors (Lipinski definition) is 5. The fourth-order valence-corrected chi connectivity index (χ4v) is 4.78. The minimum absolute atomic E-state index is 0.117. The third kappa shape index (κ3) is 6.14. The molecule has 1 fully saturated rings. The average Bonchev–Trinajstić information content (AvgIpc) is 3.10. The van der Waals surface area contributed by atoms with Gasteiger partial charge in [0.1, 0.15) is 11.5 Å². The topological polar surface area (TPSA) is 70.1 Å². The first-order valence-electron chi connectivity index (χ1n) is 12.3. The number of aryl methyl sites for hydroxylation is 1. The van der Waals surface area contributed by atoms with Gasteiger partial charge >= 0.3 is 0 Å². The maximum absolute atomic E-state index is 13.3. The summed E-state index contributed by atoms with van der Waals surface area (Å²) < 4.78 is 6.68. The smallest absolute Gasteiger partial charge is 0.295 e. The molecule has 188 valence electrons. The second kappa shape index (κ2) is 12.4. The van der Waals surface area contributed by atoms with Crippen LogP contribution in [0.1, 0.15) is 56.3 Å². The van der Waals surface area contributed by atoms with Crippen LogP contribution in [0, 0.1) is 6.92 Å². The van der Waals surface area contributed by atoms with Gasteiger partial charge < -0.3 is 19.6 Å². The Morgan fingerprint density at radius 2 is 1.86 bits per heavy atom. The highest BCUT2D eigenvalue weighted by Crippen LogP contribution is 2.40. The van der Waals surface area contributed by atoms with E-state index in [2.05, 4.69) is 41.6 Å². The zero-order valence-corrected chi connectivity index (χ0v) is 22.6. The number of benzene rings is 2. The molecule has 1 saturated heterocycles. The van der Waals surface area contributed by atoms with Crippen LogP contribution in [0.4, 0.5) is 0 Å². The lowest BCUT2D eigenvalue weighted by Gasteiger charge is -2.28. The van der Waals surface area contributed by atoms with Crippen molar-refractivity contribution in [3.05, 3.63) is 69.2 Å². The Bertz CT molecular complexity index is 1090. The molecule has 0 saturated carbocycles. The van der Waals surface area contributed by atoms with E-state index in [1.165, 1.54) is 0 Å². The standard InChI is InChI=1S/C28H35BrN2O4/c1-5-8-16-35-23-13-12-21(17-19(23)4)26(32)24-25(20-10-9-11-22(29)18-20)31(28(34)27(24)33)15-14-30(6-2)7-3/h9-13,17-18,25,32H,5-8,14-16H2,1-4H3/b26-24+/t25-/m1/s1. The van der Waals surface area contributed by atoms with Gasteiger partial charge in [-0.3, -0.25) is 9.59 Å². The van der Waals surface area contributed by atoms with E-state index in [1.807, 2.05) is 37.3 Å². The normalized spacial score (nSPS) is 17.4. The lowest BCUT2D eigenvalue weighted by molar-refractivity contribution is -0.140. The quantitative estimate of drug-likeness (QED) is 0.171. The number of likely N-dealkylation sites (tertiary alicyclic amines) is 1. The molecular formula is C28H35BrN2O4. The minimum atomic E-state index is -0.663. The van der Waals surface area contributed by atoms with Gasteiger partial charge in [0.15, 0.2) is 0 Å². The molecule has 0 spiro atoms. The molecule has 35 heavy (non-hydrogen) atoms. The summed E-state index contributed by atoms with van der Waals surface area (Å²) in [5, 5.41) is 11.3. The largest absolute Gasteiger partial charge is 0.507 e. The van der Waals surface area contributed by atoms with Crippen LogP contribution in [-0.4, -0.2) is 59.4 Å². The maximum Gasteiger partial charge on any atom is 0.295 e. The number of halogens is 1. The first-order chi connectivity index (χ1) is 16.8. The second-order valence-electron chi connectivity index (χ2n) is 8.76. The number of amides is 1. The lowest BCUT2D eigenvalue weighted by Crippen LogP contribution is -2.38. The number of carbonyl (C=O) groups is 2. The van der Waals surface area contributed by atoms with Crippen molar-refractivity contribution in [1.82, 2.24) is 9.80 Å². The van der Waals surface area contributed by atoms with E-state index in [0.717, 1.165) is 47.3 Å². The average molecular weight is 544 g/mol. The van der Waals surface area contributed by atoms with Crippen LogP contribution in [-0.2, 0) is 9.59 Å². The van der Waals surface area contributed by atoms with Crippen LogP contribution >= 0.6 is 15.9 Å². The summed E-state index contributed by atoms with van der Waals surface area (Å²) in [6.45, 7) is 11.5. The first-order valence-corrected chi connectivity index (χ1v) is 13.1. The summed E-state index contributed by atoms with van der Waals surface area (Å²) in [4.78, 5) is 30.2. The van der Waals surface area contributed by atoms with Crippen molar-refractivity contribution < 1.29 is 19.4 Å². The molecule has 1 aliphatic rings. The van der Waals surface area contributed by atoms with Gasteiger partial charge in [0.2, 0.25) is 0 Å². The van der Waals surface area contributed by atoms with Crippen LogP contribution in [0.5, 0.6) is 5.75 Å². The lowest BCUT2D eigenvalue weighted by atomic mass is 9.95. The molecule has 3 rings (SSSR count). The third-order valence-corrected chi connectivity index (χ3v) is 6.95. The van der Waals surface area contributed by atoms with Crippen molar-refractivity contribution in [2.24, 2.45) is 0 Å². The van der Waals surface area contributed by atoms with Gasteiger partial charge in [0.05, 0.1) is 18.2 Å². The van der Waals surface area contributed by atoms with Crippen LogP contribution in [0.15, 0.2) is 52.5 Å². The minimum Gasteiger partial charge on any atom is -0.507 e. The Labute approximate surface area is 216 Å². The van der Waals surface area contributed by atoms with Gasteiger partial charge in [-0.2, -0.15) is 0 Å². The van der Waals surface area contributed by atoms with Crippen molar-refractivity contribution in [2.75, 3.05) is 32.8 Å². The molecule has 1 aliphatic heterocycles. The summed E-state index contributed by atoms with van der Waals surface area (Å²) in [6, 6.07) is 12.2. The van der Waals surface area contributed by atoms with E-state index in [9.17, 15) is 14.7 Å². The van der Waals surface area contributed by atoms with Gasteiger partial charge in [0, 0.05) is 23.1 Å². The van der Waals surface area contributed by atoms with Gasteiger partial charge in [-0.1, -0.05) is 55.3 Å². The first kappa shape index (κ1) is 27.0. The molecule has 7 heteroatoms. The highest BCUT2D eigenvalue weighted by Gasteiger charge is 2.46. The fourth-order valence-electron chi connectivity index (χ4n) is 4.36. The predicted molar refractivity (Wildman–Crippen MR) is 143 cm³/mol. The third-order valence-electron chi connectivity index (χ3n) is 6.46. The molecule has 1 heterocycles. The van der Waals surface area contributed by atoms with E-state index < -0.39 is 17.7 Å². The van der Waals surface area contributed by atoms with E-state index >= 15 is 0 Å². The Kier molecular flexibility index (Phi) is 9.52. The number of Topliss-reactive ketones (excluding diaryl/α,β-unsaturated/α-hetero) is 1. The van der Waals surface area contributed by atoms with Crippen LogP contribution in [0.3, 0.4) is 0 Å². The Morgan fingerprint density at radius 3 is 2.49 bits per heavy atom. The van der Waals surface area contributed by atoms with Crippen LogP contribution < -0.4 is 4.74 Å². The molecule has 1 atom stereocenters. The molecule has 1 N–H and O–H groups in total. The molecule has 2 aromatic rings. The molecule has 2 aromatic carbocycles. The van der Waals surface area contributed by atoms with Crippen molar-refractivity contribution >= 4 is 33.4 Å². The number of nitrogens with zero attached hydrogens (tertiary/aromatic N) is 2. The van der Waals surface area contributed by atoms with E-state index in [4.69, 9.17) is 4.74 Å². The number of aliphatic hydroxyl groups is 1. The number of ether oxygens (including phenoxy) is 1. The van der Waals surface area contributed by atoms with E-state index in [-0.39, 0.29) is 11.3 Å². The van der Waals surface area contributed by atoms with Crippen molar-refractivity contribution in [1.29, 1.82) is 0 Å². The van der Waals surface area contributed by atoms with Gasteiger partial charge in [0.25, 0.3) is 11.7 Å². The number of rotatable bonds is 11. The number of ketones is 1. The number of likely N-dealkylation sites (N-methyl/N-ethyl adjacent to an activating group) is 1. The summed E-state index contributed by atoms with van der Waals surface area (Å²) in [5.74, 6) is -0.659. The number of aliphatic hydroxyl groups excluding tert-OH is 1. The van der Waals surface area contributed by atoms with Crippen molar-refractivity contribution in [3.63, 3.8) is 0 Å². The maximum atomic E-state index is 13.3. The van der Waals surface area contributed by atoms with Crippen molar-refractivity contribution in [3.8, 4) is 5.75 Å². The SMILES string of the molecule is CCCCOc1ccc(/C(O)=C2\C(=O)C(=O)N(CCN(CC)CC)[C@@H]2c2cccc(Br)c2)cc1C. The molecule has 1 amide bonds. The number of unbranched alkanes of at least 4 members (excludes halogenated alkanes) is 1. The summed E-state index contributed by atoms with van der Waals surface area (Å²) >= 11 is 3.50. The van der Waals surface area contributed by atoms with E-state index in [1.54, 1.807) is 17.0 Å². The fraction of sp³-hybridized carbons (Fsp3) is 0.429. The van der Waals surface area contributed by atoms with Crippen molar-refractivity contribution in [2.45, 2.75) is 46.6 Å². The molecule has 0 unspecified atom stereocenters. The van der Waals surface area contributed by atoms with Crippen LogP contribution in [0.2, 0.25) is 0 Å². The monoisotopic (exact) mass is 542 g/mol. The van der Waals surface area contributed by atoms with E-state index in [0.29, 0.717) is 25.3 Å². The summed E-state index contributed by atoms with van der Waals surface area (Å²) in [5.41, 5.74) is 2.25. The molecule has 0 aromatic heterocycles. The highest BCUT2D eigenvalue weighted by molar-refractivity contribution is 9.10. The predicted octanol–water partition coefficient (Wildman–Crippen LogP) is 5.70. The molecule has 6 nitrogen and oxygen atoms in total. The van der Waals surface area contributed by atoms with Gasteiger partial charge in [-0.15, -0.1) is 0 Å². The number of hydrogen-bond donors (Lipinski definition) is 1. The molecule has 0 radical (unpaired) electrons. The van der Waals surface area contributed by atoms with Gasteiger partial charge in [-0.25, -0.2) is 0 Å². The molecular weight excluding hydrogens is 508 g/mol. The summed E-state index contributed by atoms with van der Waals surface area (Å²) in [6.07, 6.45) is 2.01. The number of carbonyl (C=O) groups excluding carboxylic acids is 2. The van der Waals surface area contributed by atoms with Crippen LogP contribution in [0.25, 0.3) is 5.76 Å². The summed E-state index contributed by atoms with van der Waals surface area (Å²) in [7, 11) is 0. The van der Waals surface area contributed by atoms with Gasteiger partial charge in [-0.05, 0) is 67.9 Å². The second-order valence-corrected chi connectivity index (χ2v) is 9.67. The Morgan fingerprint density at radius 1 is 1.11 bits per heavy atom. The molecule has 0 bridgehead atoms. The Hall–Kier alpha value is -2.64. The Balaban J connectivity index is 2.04. The highest BCUT2D eigenvalue weighted by atomic mass is 79.9. The zero-order valence-electron chi connectivity index (χ0n) is 21.0. The molecule has 0 aliphatic carbocycles.